The van der Waals surface area contributed by atoms with Gasteiger partial charge in [-0.25, -0.2) is 9.79 Å². The van der Waals surface area contributed by atoms with Crippen LogP contribution in [0.1, 0.15) is 42.1 Å². The summed E-state index contributed by atoms with van der Waals surface area (Å²) in [5, 5.41) is 3.96. The second-order valence-corrected chi connectivity index (χ2v) is 9.96. The number of nitrogens with zero attached hydrogens (tertiary/aromatic N) is 2. The summed E-state index contributed by atoms with van der Waals surface area (Å²) in [6.07, 6.45) is 1.67. The lowest BCUT2D eigenvalue weighted by Gasteiger charge is -2.24. The van der Waals surface area contributed by atoms with Crippen LogP contribution in [0, 0.1) is 6.92 Å². The van der Waals surface area contributed by atoms with Crippen molar-refractivity contribution in [3.63, 3.8) is 0 Å². The molecule has 0 aromatic carbocycles. The number of thiazole rings is 1. The van der Waals surface area contributed by atoms with Gasteiger partial charge in [-0.15, -0.1) is 22.7 Å². The van der Waals surface area contributed by atoms with Crippen LogP contribution in [0.15, 0.2) is 50.0 Å². The van der Waals surface area contributed by atoms with Gasteiger partial charge >= 0.3 is 5.97 Å². The largest absolute Gasteiger partial charge is 0.459 e. The maximum atomic E-state index is 13.4. The van der Waals surface area contributed by atoms with Gasteiger partial charge in [-0.1, -0.05) is 17.4 Å². The molecule has 4 heterocycles. The number of hydrogen-bond acceptors (Lipinski definition) is 7. The zero-order chi connectivity index (χ0) is 20.7. The van der Waals surface area contributed by atoms with E-state index < -0.39 is 12.0 Å². The minimum Gasteiger partial charge on any atom is -0.459 e. The van der Waals surface area contributed by atoms with Crippen LogP contribution in [0.5, 0.6) is 0 Å². The highest BCUT2D eigenvalue weighted by Crippen LogP contribution is 2.33. The van der Waals surface area contributed by atoms with Crippen molar-refractivity contribution in [3.05, 3.63) is 75.2 Å². The maximum Gasteiger partial charge on any atom is 0.338 e. The van der Waals surface area contributed by atoms with Crippen LogP contribution in [0.3, 0.4) is 0 Å². The normalized spacial score (nSPS) is 16.9. The van der Waals surface area contributed by atoms with Crippen molar-refractivity contribution in [2.24, 2.45) is 4.99 Å². The predicted octanol–water partition coefficient (Wildman–Crippen LogP) is 3.62. The van der Waals surface area contributed by atoms with Gasteiger partial charge < -0.3 is 4.74 Å². The van der Waals surface area contributed by atoms with Gasteiger partial charge in [0.2, 0.25) is 0 Å². The summed E-state index contributed by atoms with van der Waals surface area (Å²) in [5.74, 6) is -0.428. The average Bonchev–Trinajstić information content (AvgIpc) is 3.37. The van der Waals surface area contributed by atoms with Gasteiger partial charge in [0.25, 0.3) is 5.56 Å². The van der Waals surface area contributed by atoms with Crippen molar-refractivity contribution in [1.82, 2.24) is 4.57 Å². The van der Waals surface area contributed by atoms with E-state index in [1.807, 2.05) is 55.8 Å². The number of aryl methyl sites for hydroxylation is 1. The van der Waals surface area contributed by atoms with Crippen molar-refractivity contribution in [3.8, 4) is 0 Å². The molecule has 150 valence electrons. The van der Waals surface area contributed by atoms with Crippen molar-refractivity contribution < 1.29 is 9.53 Å². The van der Waals surface area contributed by atoms with Crippen LogP contribution in [-0.2, 0) is 9.53 Å². The Bertz CT molecular complexity index is 1270. The Morgan fingerprint density at radius 2 is 2.03 bits per heavy atom. The number of hydrogen-bond donors (Lipinski definition) is 0. The Labute approximate surface area is 179 Å². The molecule has 0 spiro atoms. The summed E-state index contributed by atoms with van der Waals surface area (Å²) in [4.78, 5) is 33.4. The first-order valence-corrected chi connectivity index (χ1v) is 11.8. The van der Waals surface area contributed by atoms with E-state index >= 15 is 0 Å². The third kappa shape index (κ3) is 3.68. The summed E-state index contributed by atoms with van der Waals surface area (Å²) < 4.78 is 7.73. The van der Waals surface area contributed by atoms with Crippen LogP contribution in [-0.4, -0.2) is 16.6 Å². The molecule has 0 amide bonds. The fourth-order valence-electron chi connectivity index (χ4n) is 3.23. The zero-order valence-corrected chi connectivity index (χ0v) is 18.9. The number of aromatic nitrogens is 1. The van der Waals surface area contributed by atoms with E-state index in [4.69, 9.17) is 4.74 Å². The molecule has 0 fully saturated rings. The molecule has 1 aliphatic rings. The number of esters is 1. The Hall–Kier alpha value is -2.29. The molecule has 3 aromatic rings. The van der Waals surface area contributed by atoms with Crippen molar-refractivity contribution in [2.75, 3.05) is 0 Å². The molecule has 0 unspecified atom stereocenters. The number of thiophene rings is 2. The molecule has 4 rings (SSSR count). The van der Waals surface area contributed by atoms with Gasteiger partial charge in [-0.05, 0) is 62.2 Å². The van der Waals surface area contributed by atoms with Gasteiger partial charge in [0.1, 0.15) is 6.04 Å². The fourth-order valence-corrected chi connectivity index (χ4v) is 6.01. The molecule has 0 N–H and O–H groups in total. The summed E-state index contributed by atoms with van der Waals surface area (Å²) in [6.45, 7) is 7.45. The minimum absolute atomic E-state index is 0.137. The van der Waals surface area contributed by atoms with Crippen LogP contribution >= 0.6 is 34.0 Å². The van der Waals surface area contributed by atoms with Gasteiger partial charge in [-0.2, -0.15) is 0 Å². The highest BCUT2D eigenvalue weighted by Gasteiger charge is 2.34. The van der Waals surface area contributed by atoms with Crippen molar-refractivity contribution in [1.29, 1.82) is 0 Å². The minimum atomic E-state index is -0.524. The van der Waals surface area contributed by atoms with Gasteiger partial charge in [-0.3, -0.25) is 9.36 Å². The lowest BCUT2D eigenvalue weighted by atomic mass is 10.0. The molecule has 3 aromatic heterocycles. The molecule has 29 heavy (non-hydrogen) atoms. The maximum absolute atomic E-state index is 13.4. The highest BCUT2D eigenvalue weighted by atomic mass is 32.1. The Morgan fingerprint density at radius 1 is 1.24 bits per heavy atom. The summed E-state index contributed by atoms with van der Waals surface area (Å²) in [7, 11) is 0. The number of carbonyl (C=O) groups is 1. The molecule has 1 atom stereocenters. The van der Waals surface area contributed by atoms with Gasteiger partial charge in [0.05, 0.1) is 21.9 Å². The predicted molar refractivity (Wildman–Crippen MR) is 118 cm³/mol. The molecule has 1 aliphatic heterocycles. The Morgan fingerprint density at radius 3 is 2.66 bits per heavy atom. The van der Waals surface area contributed by atoms with E-state index in [1.165, 1.54) is 22.7 Å². The first-order valence-electron chi connectivity index (χ1n) is 9.18. The van der Waals surface area contributed by atoms with E-state index in [2.05, 4.69) is 4.99 Å². The van der Waals surface area contributed by atoms with E-state index in [1.54, 1.807) is 22.8 Å². The third-order valence-electron chi connectivity index (χ3n) is 4.56. The molecule has 0 bridgehead atoms. The van der Waals surface area contributed by atoms with Crippen molar-refractivity contribution in [2.45, 2.75) is 39.8 Å². The lowest BCUT2D eigenvalue weighted by molar-refractivity contribution is -0.143. The molecule has 0 saturated heterocycles. The number of fused-ring (bicyclic) bond motifs is 1. The molecular formula is C21H20N2O3S3. The molecule has 0 aliphatic carbocycles. The van der Waals surface area contributed by atoms with E-state index in [9.17, 15) is 9.59 Å². The first-order chi connectivity index (χ1) is 13.9. The number of carbonyl (C=O) groups excluding carboxylic acids is 1. The second kappa shape index (κ2) is 7.85. The number of rotatable bonds is 4. The lowest BCUT2D eigenvalue weighted by Crippen LogP contribution is -2.39. The topological polar surface area (TPSA) is 60.7 Å². The fraction of sp³-hybridized carbons (Fsp3) is 0.286. The number of ether oxygens (including phenoxy) is 1. The van der Waals surface area contributed by atoms with E-state index in [-0.39, 0.29) is 11.7 Å². The molecule has 0 radical (unpaired) electrons. The van der Waals surface area contributed by atoms with Crippen LogP contribution < -0.4 is 14.9 Å². The van der Waals surface area contributed by atoms with Crippen molar-refractivity contribution >= 4 is 46.1 Å². The quantitative estimate of drug-likeness (QED) is 0.578. The van der Waals surface area contributed by atoms with Crippen LogP contribution in [0.25, 0.3) is 6.08 Å². The summed E-state index contributed by atoms with van der Waals surface area (Å²) in [5.41, 5.74) is 2.01. The van der Waals surface area contributed by atoms with Gasteiger partial charge in [0.15, 0.2) is 4.80 Å². The second-order valence-electron chi connectivity index (χ2n) is 7.02. The Kier molecular flexibility index (Phi) is 5.42. The highest BCUT2D eigenvalue weighted by molar-refractivity contribution is 7.11. The molecule has 0 saturated carbocycles. The number of allylic oxidation sites excluding steroid dienone is 1. The van der Waals surface area contributed by atoms with Crippen LogP contribution in [0.4, 0.5) is 0 Å². The standard InChI is InChI=1S/C21H20N2O3S3/c1-11(2)26-20(25)17-13(4)22-21-23(18(17)14-6-5-8-27-14)19(24)16(29-21)10-15-12(3)7-9-28-15/h5-11,18H,1-4H3/b16-10+/t18-/m0/s1. The van der Waals surface area contributed by atoms with E-state index in [0.717, 1.165) is 15.3 Å². The zero-order valence-electron chi connectivity index (χ0n) is 16.5. The molecule has 5 nitrogen and oxygen atoms in total. The average molecular weight is 445 g/mol. The molecule has 8 heteroatoms. The molecular weight excluding hydrogens is 424 g/mol. The smallest absolute Gasteiger partial charge is 0.338 e. The van der Waals surface area contributed by atoms with E-state index in [0.29, 0.717) is 20.6 Å². The summed E-state index contributed by atoms with van der Waals surface area (Å²) in [6, 6.07) is 5.37. The third-order valence-corrected chi connectivity index (χ3v) is 7.43. The summed E-state index contributed by atoms with van der Waals surface area (Å²) >= 11 is 4.47. The van der Waals surface area contributed by atoms with Gasteiger partial charge in [0, 0.05) is 9.75 Å². The van der Waals surface area contributed by atoms with Crippen LogP contribution in [0.2, 0.25) is 0 Å². The Balaban J connectivity index is 1.94. The monoisotopic (exact) mass is 444 g/mol. The SMILES string of the molecule is CC1=C(C(=O)OC(C)C)[C@H](c2cccs2)n2c(s/c(=C/c3sccc3C)c2=O)=N1. The first kappa shape index (κ1) is 20.0.